The van der Waals surface area contributed by atoms with Crippen molar-refractivity contribution in [1.82, 2.24) is 19.9 Å². The van der Waals surface area contributed by atoms with Crippen LogP contribution in [0.4, 0.5) is 5.95 Å². The Bertz CT molecular complexity index is 1130. The number of fused-ring (bicyclic) bond motifs is 1. The first kappa shape index (κ1) is 19.0. The summed E-state index contributed by atoms with van der Waals surface area (Å²) in [4.78, 5) is 51.4. The largest absolute Gasteiger partial charge is 0.301 e. The number of hydrogen-bond donors (Lipinski definition) is 2. The highest BCUT2D eigenvalue weighted by Gasteiger charge is 2.20. The molecule has 1 amide bonds. The van der Waals surface area contributed by atoms with Crippen molar-refractivity contribution >= 4 is 29.4 Å². The van der Waals surface area contributed by atoms with Crippen molar-refractivity contribution in [3.05, 3.63) is 64.2 Å². The molecule has 0 spiro atoms. The number of thioether (sulfide) groups is 1. The number of anilines is 1. The van der Waals surface area contributed by atoms with Crippen molar-refractivity contribution in [3.8, 4) is 11.3 Å². The molecular formula is C20H17N5O3S. The molecule has 0 atom stereocenters. The van der Waals surface area contributed by atoms with Crippen LogP contribution in [0.5, 0.6) is 0 Å². The zero-order valence-corrected chi connectivity index (χ0v) is 16.2. The average molecular weight is 407 g/mol. The fourth-order valence-electron chi connectivity index (χ4n) is 3.01. The van der Waals surface area contributed by atoms with E-state index in [0.29, 0.717) is 34.9 Å². The van der Waals surface area contributed by atoms with Gasteiger partial charge in [-0.25, -0.2) is 15.0 Å². The van der Waals surface area contributed by atoms with E-state index in [1.807, 2.05) is 30.3 Å². The molecule has 29 heavy (non-hydrogen) atoms. The van der Waals surface area contributed by atoms with Gasteiger partial charge in [-0.15, -0.1) is 0 Å². The van der Waals surface area contributed by atoms with Gasteiger partial charge in [0, 0.05) is 24.2 Å². The molecule has 3 aromatic rings. The number of carbonyl (C=O) groups is 2. The summed E-state index contributed by atoms with van der Waals surface area (Å²) in [6.45, 7) is 0. The topological polar surface area (TPSA) is 118 Å². The standard InChI is InChI=1S/C20H17N5O3S/c26-16-8-4-7-14-13(16)10-21-19(22-14)24-18(28)11-29-20-23-15(9-17(27)25-20)12-5-2-1-3-6-12/h1-3,5-6,9-10H,4,7-8,11H2,(H,23,25,27)(H,21,22,24,28). The van der Waals surface area contributed by atoms with Crippen molar-refractivity contribution in [3.63, 3.8) is 0 Å². The highest BCUT2D eigenvalue weighted by molar-refractivity contribution is 7.99. The van der Waals surface area contributed by atoms with E-state index < -0.39 is 0 Å². The number of hydrogen-bond acceptors (Lipinski definition) is 7. The van der Waals surface area contributed by atoms with Crippen molar-refractivity contribution in [1.29, 1.82) is 0 Å². The number of carbonyl (C=O) groups excluding carboxylic acids is 2. The molecule has 1 aliphatic carbocycles. The maximum Gasteiger partial charge on any atom is 0.252 e. The number of aromatic nitrogens is 4. The molecule has 8 nitrogen and oxygen atoms in total. The highest BCUT2D eigenvalue weighted by Crippen LogP contribution is 2.21. The SMILES string of the molecule is O=C(CSc1nc(-c2ccccc2)cc(=O)[nH]1)Nc1ncc2c(n1)CCCC2=O. The van der Waals surface area contributed by atoms with Gasteiger partial charge in [0.2, 0.25) is 11.9 Å². The van der Waals surface area contributed by atoms with E-state index in [1.54, 1.807) is 0 Å². The Labute approximate surface area is 170 Å². The number of aromatic amines is 1. The third-order valence-electron chi connectivity index (χ3n) is 4.37. The molecule has 9 heteroatoms. The lowest BCUT2D eigenvalue weighted by molar-refractivity contribution is -0.113. The summed E-state index contributed by atoms with van der Waals surface area (Å²) in [5.74, 6) is -0.0954. The maximum atomic E-state index is 12.3. The van der Waals surface area contributed by atoms with Crippen LogP contribution in [0, 0.1) is 0 Å². The number of Topliss-reactive ketones (excluding diaryl/α,β-unsaturated/α-hetero) is 1. The fourth-order valence-corrected chi connectivity index (χ4v) is 3.68. The molecule has 0 unspecified atom stereocenters. The summed E-state index contributed by atoms with van der Waals surface area (Å²) in [5, 5.41) is 2.98. The molecule has 0 aliphatic heterocycles. The Hall–Kier alpha value is -3.33. The number of nitrogens with zero attached hydrogens (tertiary/aromatic N) is 3. The van der Waals surface area contributed by atoms with E-state index in [2.05, 4.69) is 25.3 Å². The third kappa shape index (κ3) is 4.57. The number of ketones is 1. The molecule has 0 fully saturated rings. The summed E-state index contributed by atoms with van der Waals surface area (Å²) in [6, 6.07) is 10.8. The van der Waals surface area contributed by atoms with Gasteiger partial charge >= 0.3 is 0 Å². The monoisotopic (exact) mass is 407 g/mol. The first-order chi connectivity index (χ1) is 14.1. The van der Waals surface area contributed by atoms with Gasteiger partial charge in [0.05, 0.1) is 22.7 Å². The predicted molar refractivity (Wildman–Crippen MR) is 109 cm³/mol. The molecule has 1 aliphatic rings. The van der Waals surface area contributed by atoms with Crippen molar-refractivity contribution < 1.29 is 9.59 Å². The van der Waals surface area contributed by atoms with Crippen LogP contribution < -0.4 is 10.9 Å². The Morgan fingerprint density at radius 1 is 1.14 bits per heavy atom. The minimum absolute atomic E-state index is 0.0283. The van der Waals surface area contributed by atoms with Gasteiger partial charge in [-0.2, -0.15) is 0 Å². The summed E-state index contributed by atoms with van der Waals surface area (Å²) in [7, 11) is 0. The zero-order valence-electron chi connectivity index (χ0n) is 15.3. The van der Waals surface area contributed by atoms with E-state index >= 15 is 0 Å². The maximum absolute atomic E-state index is 12.3. The van der Waals surface area contributed by atoms with Gasteiger partial charge in [0.15, 0.2) is 10.9 Å². The number of aryl methyl sites for hydroxylation is 1. The lowest BCUT2D eigenvalue weighted by atomic mass is 9.96. The van der Waals surface area contributed by atoms with Gasteiger partial charge < -0.3 is 4.98 Å². The molecule has 1 aromatic carbocycles. The number of rotatable bonds is 5. The molecule has 146 valence electrons. The van der Waals surface area contributed by atoms with Gasteiger partial charge in [0.1, 0.15) is 0 Å². The molecular weight excluding hydrogens is 390 g/mol. The molecule has 2 aromatic heterocycles. The number of H-pyrrole nitrogens is 1. The molecule has 4 rings (SSSR count). The van der Waals surface area contributed by atoms with Gasteiger partial charge in [-0.05, 0) is 12.8 Å². The van der Waals surface area contributed by atoms with E-state index in [4.69, 9.17) is 0 Å². The molecule has 2 N–H and O–H groups in total. The average Bonchev–Trinajstić information content (AvgIpc) is 2.73. The van der Waals surface area contributed by atoms with Crippen molar-refractivity contribution in [2.75, 3.05) is 11.1 Å². The third-order valence-corrected chi connectivity index (χ3v) is 5.24. The first-order valence-electron chi connectivity index (χ1n) is 9.07. The van der Waals surface area contributed by atoms with Gasteiger partial charge in [0.25, 0.3) is 5.56 Å². The fraction of sp³-hybridized carbons (Fsp3) is 0.200. The summed E-state index contributed by atoms with van der Waals surface area (Å²) in [5.41, 5.74) is 2.27. The van der Waals surface area contributed by atoms with E-state index in [1.165, 1.54) is 12.3 Å². The minimum Gasteiger partial charge on any atom is -0.301 e. The number of amides is 1. The summed E-state index contributed by atoms with van der Waals surface area (Å²) < 4.78 is 0. The summed E-state index contributed by atoms with van der Waals surface area (Å²) >= 11 is 1.11. The molecule has 0 radical (unpaired) electrons. The van der Waals surface area contributed by atoms with E-state index in [0.717, 1.165) is 23.7 Å². The van der Waals surface area contributed by atoms with Crippen LogP contribution in [-0.2, 0) is 11.2 Å². The highest BCUT2D eigenvalue weighted by atomic mass is 32.2. The van der Waals surface area contributed by atoms with Crippen molar-refractivity contribution in [2.24, 2.45) is 0 Å². The van der Waals surface area contributed by atoms with Crippen LogP contribution in [0.15, 0.2) is 52.5 Å². The van der Waals surface area contributed by atoms with Crippen LogP contribution in [0.2, 0.25) is 0 Å². The first-order valence-corrected chi connectivity index (χ1v) is 10.1. The van der Waals surface area contributed by atoms with Crippen LogP contribution in [0.3, 0.4) is 0 Å². The summed E-state index contributed by atoms with van der Waals surface area (Å²) in [6.07, 6.45) is 3.42. The normalized spacial score (nSPS) is 13.0. The smallest absolute Gasteiger partial charge is 0.252 e. The second kappa shape index (κ2) is 8.36. The van der Waals surface area contributed by atoms with Gasteiger partial charge in [-0.3, -0.25) is 19.7 Å². The molecule has 0 bridgehead atoms. The van der Waals surface area contributed by atoms with Crippen LogP contribution in [0.25, 0.3) is 11.3 Å². The Morgan fingerprint density at radius 3 is 2.79 bits per heavy atom. The lowest BCUT2D eigenvalue weighted by Gasteiger charge is -2.13. The Morgan fingerprint density at radius 2 is 1.97 bits per heavy atom. The van der Waals surface area contributed by atoms with Gasteiger partial charge in [-0.1, -0.05) is 42.1 Å². The zero-order chi connectivity index (χ0) is 20.2. The van der Waals surface area contributed by atoms with E-state index in [9.17, 15) is 14.4 Å². The molecule has 2 heterocycles. The second-order valence-electron chi connectivity index (χ2n) is 6.47. The second-order valence-corrected chi connectivity index (χ2v) is 7.43. The quantitative estimate of drug-likeness (QED) is 0.493. The Kier molecular flexibility index (Phi) is 5.48. The van der Waals surface area contributed by atoms with Crippen LogP contribution in [0.1, 0.15) is 28.9 Å². The van der Waals surface area contributed by atoms with Crippen molar-refractivity contribution in [2.45, 2.75) is 24.4 Å². The van der Waals surface area contributed by atoms with Crippen LogP contribution in [-0.4, -0.2) is 37.4 Å². The molecule has 0 saturated carbocycles. The Balaban J connectivity index is 1.42. The number of nitrogens with one attached hydrogen (secondary N) is 2. The number of benzene rings is 1. The predicted octanol–water partition coefficient (Wildman–Crippen LogP) is 2.48. The van der Waals surface area contributed by atoms with Crippen LogP contribution >= 0.6 is 11.8 Å². The lowest BCUT2D eigenvalue weighted by Crippen LogP contribution is -2.20. The molecule has 0 saturated heterocycles. The minimum atomic E-state index is -0.329. The van der Waals surface area contributed by atoms with E-state index in [-0.39, 0.29) is 29.0 Å².